The van der Waals surface area contributed by atoms with E-state index in [1.165, 1.54) is 37.8 Å². The molecule has 1 fully saturated rings. The molecule has 1 aromatic rings. The summed E-state index contributed by atoms with van der Waals surface area (Å²) >= 11 is 0. The van der Waals surface area contributed by atoms with Crippen LogP contribution in [-0.4, -0.2) is 24.5 Å². The van der Waals surface area contributed by atoms with E-state index in [1.54, 1.807) is 12.1 Å². The molecule has 0 aromatic heterocycles. The quantitative estimate of drug-likeness (QED) is 0.905. The van der Waals surface area contributed by atoms with Crippen LogP contribution in [0, 0.1) is 0 Å². The Hall–Kier alpha value is -1.00. The maximum absolute atomic E-state index is 12.6. The molecule has 2 nitrogen and oxygen atoms in total. The number of nitrogens with two attached hydrogens (primary N) is 1. The van der Waals surface area contributed by atoms with E-state index in [9.17, 15) is 8.78 Å². The maximum Gasteiger partial charge on any atom is 0.263 e. The van der Waals surface area contributed by atoms with E-state index >= 15 is 0 Å². The number of likely N-dealkylation sites (tertiary alicyclic amines) is 1. The molecule has 1 aliphatic rings. The molecule has 0 bridgehead atoms. The highest BCUT2D eigenvalue weighted by molar-refractivity contribution is 5.26. The van der Waals surface area contributed by atoms with E-state index in [-0.39, 0.29) is 11.6 Å². The zero-order chi connectivity index (χ0) is 13.7. The van der Waals surface area contributed by atoms with Crippen LogP contribution in [0.15, 0.2) is 24.3 Å². The molecule has 2 N–H and O–H groups in total. The lowest BCUT2D eigenvalue weighted by atomic mass is 10.0. The number of alkyl halides is 2. The van der Waals surface area contributed by atoms with Crippen LogP contribution in [0.3, 0.4) is 0 Å². The first-order valence-corrected chi connectivity index (χ1v) is 7.04. The number of hydrogen-bond donors (Lipinski definition) is 1. The molecule has 0 aliphatic carbocycles. The van der Waals surface area contributed by atoms with Gasteiger partial charge in [0, 0.05) is 18.2 Å². The van der Waals surface area contributed by atoms with Gasteiger partial charge in [0.25, 0.3) is 6.43 Å². The van der Waals surface area contributed by atoms with Crippen LogP contribution in [-0.2, 0) is 0 Å². The van der Waals surface area contributed by atoms with Crippen LogP contribution in [0.25, 0.3) is 0 Å². The molecule has 0 amide bonds. The predicted octanol–water partition coefficient (Wildman–Crippen LogP) is 3.50. The van der Waals surface area contributed by atoms with Gasteiger partial charge >= 0.3 is 0 Å². The fourth-order valence-electron chi connectivity index (χ4n) is 2.77. The zero-order valence-electron chi connectivity index (χ0n) is 11.2. The highest BCUT2D eigenvalue weighted by Crippen LogP contribution is 2.26. The second-order valence-corrected chi connectivity index (χ2v) is 5.17. The number of hydrogen-bond acceptors (Lipinski definition) is 2. The first-order chi connectivity index (χ1) is 9.22. The summed E-state index contributed by atoms with van der Waals surface area (Å²) in [5.41, 5.74) is 7.02. The van der Waals surface area contributed by atoms with Crippen molar-refractivity contribution in [3.63, 3.8) is 0 Å². The van der Waals surface area contributed by atoms with Gasteiger partial charge in [0.15, 0.2) is 0 Å². The second kappa shape index (κ2) is 6.96. The number of benzene rings is 1. The minimum atomic E-state index is -2.40. The molecule has 0 spiro atoms. The zero-order valence-corrected chi connectivity index (χ0v) is 11.2. The topological polar surface area (TPSA) is 29.3 Å². The van der Waals surface area contributed by atoms with Gasteiger partial charge in [-0.25, -0.2) is 8.78 Å². The van der Waals surface area contributed by atoms with E-state index in [0.29, 0.717) is 6.54 Å². The van der Waals surface area contributed by atoms with E-state index in [1.807, 2.05) is 0 Å². The van der Waals surface area contributed by atoms with Gasteiger partial charge in [-0.15, -0.1) is 0 Å². The molecule has 1 unspecified atom stereocenters. The molecule has 2 rings (SSSR count). The smallest absolute Gasteiger partial charge is 0.263 e. The van der Waals surface area contributed by atoms with Gasteiger partial charge in [0.2, 0.25) is 0 Å². The van der Waals surface area contributed by atoms with Crippen molar-refractivity contribution in [2.24, 2.45) is 5.73 Å². The molecule has 0 saturated carbocycles. The van der Waals surface area contributed by atoms with Gasteiger partial charge in [-0.3, -0.25) is 4.90 Å². The first-order valence-electron chi connectivity index (χ1n) is 7.04. The summed E-state index contributed by atoms with van der Waals surface area (Å²) in [6.07, 6.45) is 2.55. The SMILES string of the molecule is NCC(c1ccc(C(F)F)cc1)N1CCCCCC1. The Morgan fingerprint density at radius 2 is 1.47 bits per heavy atom. The van der Waals surface area contributed by atoms with Crippen LogP contribution < -0.4 is 5.73 Å². The van der Waals surface area contributed by atoms with Gasteiger partial charge in [-0.05, 0) is 31.5 Å². The number of nitrogens with zero attached hydrogens (tertiary/aromatic N) is 1. The Labute approximate surface area is 113 Å². The van der Waals surface area contributed by atoms with Crippen molar-refractivity contribution in [1.82, 2.24) is 4.90 Å². The summed E-state index contributed by atoms with van der Waals surface area (Å²) in [6.45, 7) is 2.64. The lowest BCUT2D eigenvalue weighted by Crippen LogP contribution is -2.34. The maximum atomic E-state index is 12.6. The Morgan fingerprint density at radius 3 is 1.95 bits per heavy atom. The van der Waals surface area contributed by atoms with Crippen LogP contribution >= 0.6 is 0 Å². The Kier molecular flexibility index (Phi) is 5.28. The average Bonchev–Trinajstić information content (AvgIpc) is 2.69. The molecule has 0 radical (unpaired) electrons. The monoisotopic (exact) mass is 268 g/mol. The van der Waals surface area contributed by atoms with E-state index in [0.717, 1.165) is 18.7 Å². The third-order valence-electron chi connectivity index (χ3n) is 3.88. The van der Waals surface area contributed by atoms with Crippen LogP contribution in [0.4, 0.5) is 8.78 Å². The van der Waals surface area contributed by atoms with E-state index in [2.05, 4.69) is 4.90 Å². The predicted molar refractivity (Wildman–Crippen MR) is 73.2 cm³/mol. The van der Waals surface area contributed by atoms with Crippen molar-refractivity contribution in [1.29, 1.82) is 0 Å². The minimum absolute atomic E-state index is 0.0791. The summed E-state index contributed by atoms with van der Waals surface area (Å²) in [5.74, 6) is 0. The van der Waals surface area contributed by atoms with Gasteiger partial charge < -0.3 is 5.73 Å². The average molecular weight is 268 g/mol. The van der Waals surface area contributed by atoms with Crippen molar-refractivity contribution in [2.45, 2.75) is 38.2 Å². The third kappa shape index (κ3) is 3.74. The van der Waals surface area contributed by atoms with Crippen molar-refractivity contribution in [2.75, 3.05) is 19.6 Å². The highest BCUT2D eigenvalue weighted by Gasteiger charge is 2.20. The van der Waals surface area contributed by atoms with Crippen LogP contribution in [0.2, 0.25) is 0 Å². The van der Waals surface area contributed by atoms with Crippen molar-refractivity contribution < 1.29 is 8.78 Å². The molecule has 19 heavy (non-hydrogen) atoms. The molecule has 1 heterocycles. The summed E-state index contributed by atoms with van der Waals surface area (Å²) < 4.78 is 25.1. The molecular formula is C15H22F2N2. The van der Waals surface area contributed by atoms with Crippen LogP contribution in [0.1, 0.15) is 49.3 Å². The third-order valence-corrected chi connectivity index (χ3v) is 3.88. The largest absolute Gasteiger partial charge is 0.329 e. The Morgan fingerprint density at radius 1 is 0.947 bits per heavy atom. The van der Waals surface area contributed by atoms with Gasteiger partial charge in [-0.2, -0.15) is 0 Å². The fourth-order valence-corrected chi connectivity index (χ4v) is 2.77. The van der Waals surface area contributed by atoms with Crippen LogP contribution in [0.5, 0.6) is 0 Å². The van der Waals surface area contributed by atoms with Crippen molar-refractivity contribution in [3.8, 4) is 0 Å². The standard InChI is InChI=1S/C15H22F2N2/c16-15(17)13-7-5-12(6-8-13)14(11-18)19-9-3-1-2-4-10-19/h5-8,14-15H,1-4,9-11,18H2. The normalized spacial score (nSPS) is 19.4. The Balaban J connectivity index is 2.11. The summed E-state index contributed by atoms with van der Waals surface area (Å²) in [6, 6.07) is 6.78. The number of halogens is 2. The molecule has 1 aromatic carbocycles. The lowest BCUT2D eigenvalue weighted by Gasteiger charge is -2.30. The molecular weight excluding hydrogens is 246 g/mol. The molecule has 1 atom stereocenters. The molecule has 1 saturated heterocycles. The summed E-state index contributed by atoms with van der Waals surface area (Å²) in [7, 11) is 0. The highest BCUT2D eigenvalue weighted by atomic mass is 19.3. The Bertz CT molecular complexity index is 370. The van der Waals surface area contributed by atoms with Crippen molar-refractivity contribution >= 4 is 0 Å². The molecule has 1 aliphatic heterocycles. The summed E-state index contributed by atoms with van der Waals surface area (Å²) in [5, 5.41) is 0. The van der Waals surface area contributed by atoms with E-state index in [4.69, 9.17) is 5.73 Å². The minimum Gasteiger partial charge on any atom is -0.329 e. The molecule has 106 valence electrons. The molecule has 4 heteroatoms. The first kappa shape index (κ1) is 14.4. The van der Waals surface area contributed by atoms with Gasteiger partial charge in [0.1, 0.15) is 0 Å². The fraction of sp³-hybridized carbons (Fsp3) is 0.600. The lowest BCUT2D eigenvalue weighted by molar-refractivity contribution is 0.151. The second-order valence-electron chi connectivity index (χ2n) is 5.17. The van der Waals surface area contributed by atoms with Gasteiger partial charge in [0.05, 0.1) is 0 Å². The van der Waals surface area contributed by atoms with Gasteiger partial charge in [-0.1, -0.05) is 37.1 Å². The number of rotatable bonds is 4. The van der Waals surface area contributed by atoms with E-state index < -0.39 is 6.43 Å². The summed E-state index contributed by atoms with van der Waals surface area (Å²) in [4.78, 5) is 2.39. The van der Waals surface area contributed by atoms with Crippen molar-refractivity contribution in [3.05, 3.63) is 35.4 Å².